The van der Waals surface area contributed by atoms with Crippen LogP contribution in [0.1, 0.15) is 52.4 Å². The van der Waals surface area contributed by atoms with Crippen molar-refractivity contribution in [2.24, 2.45) is 0 Å². The number of hydrogen-bond acceptors (Lipinski definition) is 4. The Bertz CT molecular complexity index is 223. The van der Waals surface area contributed by atoms with Crippen LogP contribution in [-0.2, 0) is 19.1 Å². The van der Waals surface area contributed by atoms with Crippen molar-refractivity contribution in [2.45, 2.75) is 64.6 Å². The SMILES string of the molecule is CCCC[C@H]1OC(=O)[C@@H](CCCC)OC1=O. The zero-order valence-corrected chi connectivity index (χ0v) is 10.0. The molecule has 0 aliphatic carbocycles. The van der Waals surface area contributed by atoms with Crippen molar-refractivity contribution in [3.8, 4) is 0 Å². The standard InChI is InChI=1S/C12H20O4/c1-3-5-7-9-11(13)16-10(8-6-4-2)12(14)15-9/h9-10H,3-8H2,1-2H3/t9-,10-/m1/s1. The molecular weight excluding hydrogens is 208 g/mol. The van der Waals surface area contributed by atoms with Crippen LogP contribution < -0.4 is 0 Å². The fraction of sp³-hybridized carbons (Fsp3) is 0.833. The lowest BCUT2D eigenvalue weighted by Crippen LogP contribution is -2.43. The summed E-state index contributed by atoms with van der Waals surface area (Å²) in [5.41, 5.74) is 0. The average Bonchev–Trinajstić information content (AvgIpc) is 2.28. The number of ether oxygens (including phenoxy) is 2. The molecule has 0 bridgehead atoms. The van der Waals surface area contributed by atoms with Crippen molar-refractivity contribution in [3.63, 3.8) is 0 Å². The molecule has 0 spiro atoms. The Morgan fingerprint density at radius 3 is 1.56 bits per heavy atom. The number of cyclic esters (lactones) is 2. The predicted molar refractivity (Wildman–Crippen MR) is 58.8 cm³/mol. The van der Waals surface area contributed by atoms with E-state index in [0.717, 1.165) is 25.7 Å². The molecule has 0 saturated carbocycles. The zero-order valence-electron chi connectivity index (χ0n) is 10.0. The smallest absolute Gasteiger partial charge is 0.348 e. The Hall–Kier alpha value is -1.06. The highest BCUT2D eigenvalue weighted by atomic mass is 16.6. The second-order valence-corrected chi connectivity index (χ2v) is 4.14. The van der Waals surface area contributed by atoms with Crippen LogP contribution in [0, 0.1) is 0 Å². The molecule has 16 heavy (non-hydrogen) atoms. The van der Waals surface area contributed by atoms with Crippen LogP contribution in [0.25, 0.3) is 0 Å². The zero-order chi connectivity index (χ0) is 12.0. The fourth-order valence-electron chi connectivity index (χ4n) is 1.66. The van der Waals surface area contributed by atoms with Gasteiger partial charge in [0.1, 0.15) is 0 Å². The molecule has 4 nitrogen and oxygen atoms in total. The first-order valence-electron chi connectivity index (χ1n) is 6.10. The van der Waals surface area contributed by atoms with Gasteiger partial charge in [0.25, 0.3) is 0 Å². The van der Waals surface area contributed by atoms with Gasteiger partial charge in [0, 0.05) is 0 Å². The third-order valence-corrected chi connectivity index (χ3v) is 2.68. The summed E-state index contributed by atoms with van der Waals surface area (Å²) in [5, 5.41) is 0. The van der Waals surface area contributed by atoms with Crippen molar-refractivity contribution in [1.82, 2.24) is 0 Å². The molecule has 1 saturated heterocycles. The first kappa shape index (κ1) is 13.0. The van der Waals surface area contributed by atoms with E-state index in [9.17, 15) is 9.59 Å². The summed E-state index contributed by atoms with van der Waals surface area (Å²) in [5.74, 6) is -0.761. The molecule has 4 heteroatoms. The Balaban J connectivity index is 2.43. The minimum absolute atomic E-state index is 0.380. The highest BCUT2D eigenvalue weighted by molar-refractivity contribution is 5.87. The van der Waals surface area contributed by atoms with Gasteiger partial charge in [-0.1, -0.05) is 26.7 Å². The minimum Gasteiger partial charge on any atom is -0.448 e. The lowest BCUT2D eigenvalue weighted by Gasteiger charge is -2.27. The molecule has 0 aromatic carbocycles. The van der Waals surface area contributed by atoms with E-state index < -0.39 is 12.2 Å². The van der Waals surface area contributed by atoms with E-state index in [-0.39, 0.29) is 11.9 Å². The molecule has 1 fully saturated rings. The van der Waals surface area contributed by atoms with Crippen LogP contribution >= 0.6 is 0 Å². The van der Waals surface area contributed by atoms with Crippen LogP contribution in [0.5, 0.6) is 0 Å². The number of carbonyl (C=O) groups is 2. The largest absolute Gasteiger partial charge is 0.448 e. The van der Waals surface area contributed by atoms with E-state index in [1.165, 1.54) is 0 Å². The Morgan fingerprint density at radius 1 is 0.875 bits per heavy atom. The lowest BCUT2D eigenvalue weighted by atomic mass is 10.1. The third kappa shape index (κ3) is 3.51. The summed E-state index contributed by atoms with van der Waals surface area (Å²) >= 11 is 0. The second kappa shape index (κ2) is 6.51. The Labute approximate surface area is 96.3 Å². The van der Waals surface area contributed by atoms with Gasteiger partial charge in [0.15, 0.2) is 12.2 Å². The number of carbonyl (C=O) groups excluding carboxylic acids is 2. The first-order chi connectivity index (χ1) is 7.69. The highest BCUT2D eigenvalue weighted by Crippen LogP contribution is 2.18. The molecule has 0 unspecified atom stereocenters. The van der Waals surface area contributed by atoms with Crippen molar-refractivity contribution < 1.29 is 19.1 Å². The van der Waals surface area contributed by atoms with E-state index in [1.807, 2.05) is 13.8 Å². The van der Waals surface area contributed by atoms with Crippen LogP contribution in [0.4, 0.5) is 0 Å². The van der Waals surface area contributed by atoms with Gasteiger partial charge in [-0.15, -0.1) is 0 Å². The molecule has 1 heterocycles. The van der Waals surface area contributed by atoms with Gasteiger partial charge in [0.05, 0.1) is 0 Å². The van der Waals surface area contributed by atoms with Crippen LogP contribution in [-0.4, -0.2) is 24.1 Å². The summed E-state index contributed by atoms with van der Waals surface area (Å²) in [6, 6.07) is 0. The van der Waals surface area contributed by atoms with E-state index in [1.54, 1.807) is 0 Å². The van der Waals surface area contributed by atoms with Gasteiger partial charge in [-0.2, -0.15) is 0 Å². The van der Waals surface area contributed by atoms with E-state index >= 15 is 0 Å². The molecule has 0 aromatic heterocycles. The lowest BCUT2D eigenvalue weighted by molar-refractivity contribution is -0.195. The number of esters is 2. The van der Waals surface area contributed by atoms with Gasteiger partial charge in [-0.05, 0) is 25.7 Å². The molecule has 1 aliphatic rings. The van der Waals surface area contributed by atoms with Gasteiger partial charge in [0.2, 0.25) is 0 Å². The van der Waals surface area contributed by atoms with Crippen LogP contribution in [0.2, 0.25) is 0 Å². The Kier molecular flexibility index (Phi) is 5.29. The summed E-state index contributed by atoms with van der Waals surface area (Å²) in [6.07, 6.45) is 3.47. The maximum Gasteiger partial charge on any atom is 0.348 e. The monoisotopic (exact) mass is 228 g/mol. The van der Waals surface area contributed by atoms with Crippen LogP contribution in [0.3, 0.4) is 0 Å². The quantitative estimate of drug-likeness (QED) is 0.654. The van der Waals surface area contributed by atoms with Crippen molar-refractivity contribution in [2.75, 3.05) is 0 Å². The molecule has 0 radical (unpaired) electrons. The molecule has 0 N–H and O–H groups in total. The van der Waals surface area contributed by atoms with Gasteiger partial charge in [-0.25, -0.2) is 9.59 Å². The summed E-state index contributed by atoms with van der Waals surface area (Å²) < 4.78 is 10.2. The maximum absolute atomic E-state index is 11.5. The highest BCUT2D eigenvalue weighted by Gasteiger charge is 2.37. The molecule has 0 amide bonds. The molecule has 1 aliphatic heterocycles. The fourth-order valence-corrected chi connectivity index (χ4v) is 1.66. The summed E-state index contributed by atoms with van der Waals surface area (Å²) in [6.45, 7) is 4.06. The number of hydrogen-bond donors (Lipinski definition) is 0. The molecule has 2 atom stereocenters. The van der Waals surface area contributed by atoms with Crippen molar-refractivity contribution >= 4 is 11.9 Å². The Morgan fingerprint density at radius 2 is 1.25 bits per heavy atom. The van der Waals surface area contributed by atoms with E-state index in [4.69, 9.17) is 9.47 Å². The molecule has 1 rings (SSSR count). The van der Waals surface area contributed by atoms with Crippen molar-refractivity contribution in [1.29, 1.82) is 0 Å². The number of rotatable bonds is 6. The van der Waals surface area contributed by atoms with Gasteiger partial charge in [-0.3, -0.25) is 0 Å². The third-order valence-electron chi connectivity index (χ3n) is 2.68. The normalized spacial score (nSPS) is 25.1. The van der Waals surface area contributed by atoms with Gasteiger partial charge < -0.3 is 9.47 Å². The van der Waals surface area contributed by atoms with Crippen molar-refractivity contribution in [3.05, 3.63) is 0 Å². The van der Waals surface area contributed by atoms with Gasteiger partial charge >= 0.3 is 11.9 Å². The predicted octanol–water partition coefficient (Wildman–Crippen LogP) is 2.20. The topological polar surface area (TPSA) is 52.6 Å². The van der Waals surface area contributed by atoms with Crippen LogP contribution in [0.15, 0.2) is 0 Å². The van der Waals surface area contributed by atoms with E-state index in [0.29, 0.717) is 12.8 Å². The first-order valence-corrected chi connectivity index (χ1v) is 6.10. The number of unbranched alkanes of at least 4 members (excludes halogenated alkanes) is 2. The second-order valence-electron chi connectivity index (χ2n) is 4.14. The summed E-state index contributed by atoms with van der Waals surface area (Å²) in [7, 11) is 0. The minimum atomic E-state index is -0.676. The molecular formula is C12H20O4. The van der Waals surface area contributed by atoms with E-state index in [2.05, 4.69) is 0 Å². The maximum atomic E-state index is 11.5. The molecule has 92 valence electrons. The molecule has 0 aromatic rings. The average molecular weight is 228 g/mol. The summed E-state index contributed by atoms with van der Waals surface area (Å²) in [4.78, 5) is 23.0.